The number of aromatic amines is 1. The number of fused-ring (bicyclic) bond motifs is 1. The third-order valence-corrected chi connectivity index (χ3v) is 4.66. The summed E-state index contributed by atoms with van der Waals surface area (Å²) in [6.07, 6.45) is 1.59. The molecular weight excluding hydrogens is 425 g/mol. The predicted octanol–water partition coefficient (Wildman–Crippen LogP) is 3.95. The van der Waals surface area contributed by atoms with Crippen LogP contribution in [0.3, 0.4) is 0 Å². The summed E-state index contributed by atoms with van der Waals surface area (Å²) in [5.74, 6) is -4.35. The summed E-state index contributed by atoms with van der Waals surface area (Å²) in [4.78, 5) is 4.10. The lowest BCUT2D eigenvalue weighted by Gasteiger charge is -2.16. The van der Waals surface area contributed by atoms with E-state index in [-0.39, 0.29) is 12.4 Å². The van der Waals surface area contributed by atoms with Gasteiger partial charge in [-0.05, 0) is 42.8 Å². The number of methoxy groups -OCH3 is 1. The number of aromatic nitrogens is 5. The third kappa shape index (κ3) is 4.58. The third-order valence-electron chi connectivity index (χ3n) is 4.66. The van der Waals surface area contributed by atoms with E-state index in [9.17, 15) is 4.39 Å². The SMILES string of the molecule is COCCOCc1cc2c(Nc3cc(C)[nH]n3)nc(C(F)(F)c3ccc(F)cc3)nn2c1. The van der Waals surface area contributed by atoms with Crippen molar-refractivity contribution in [3.05, 3.63) is 71.1 Å². The lowest BCUT2D eigenvalue weighted by atomic mass is 10.1. The highest BCUT2D eigenvalue weighted by Gasteiger charge is 2.39. The molecule has 0 aliphatic carbocycles. The maximum Gasteiger partial charge on any atom is 0.333 e. The monoisotopic (exact) mass is 446 g/mol. The molecule has 2 N–H and O–H groups in total. The number of nitrogens with one attached hydrogen (secondary N) is 2. The lowest BCUT2D eigenvalue weighted by Crippen LogP contribution is -2.21. The zero-order chi connectivity index (χ0) is 22.7. The van der Waals surface area contributed by atoms with Gasteiger partial charge < -0.3 is 14.8 Å². The van der Waals surface area contributed by atoms with E-state index in [4.69, 9.17) is 9.47 Å². The normalized spacial score (nSPS) is 11.9. The summed E-state index contributed by atoms with van der Waals surface area (Å²) in [5, 5.41) is 13.9. The van der Waals surface area contributed by atoms with E-state index in [1.165, 1.54) is 4.52 Å². The number of nitrogens with zero attached hydrogens (tertiary/aromatic N) is 4. The molecule has 0 bridgehead atoms. The molecule has 32 heavy (non-hydrogen) atoms. The number of halogens is 3. The first kappa shape index (κ1) is 21.8. The summed E-state index contributed by atoms with van der Waals surface area (Å²) in [5.41, 5.74) is 1.56. The van der Waals surface area contributed by atoms with Crippen LogP contribution in [0.1, 0.15) is 22.6 Å². The Bertz CT molecular complexity index is 1210. The highest BCUT2D eigenvalue weighted by molar-refractivity contribution is 5.73. The first-order chi connectivity index (χ1) is 15.4. The summed E-state index contributed by atoms with van der Waals surface area (Å²) < 4.78 is 55.4. The van der Waals surface area contributed by atoms with Crippen LogP contribution >= 0.6 is 0 Å². The van der Waals surface area contributed by atoms with E-state index in [1.807, 2.05) is 6.92 Å². The summed E-state index contributed by atoms with van der Waals surface area (Å²) in [7, 11) is 1.57. The molecule has 0 aliphatic heterocycles. The largest absolute Gasteiger partial charge is 0.382 e. The van der Waals surface area contributed by atoms with E-state index < -0.39 is 23.1 Å². The number of benzene rings is 1. The number of H-pyrrole nitrogens is 1. The molecule has 11 heteroatoms. The van der Waals surface area contributed by atoms with Crippen LogP contribution in [0.15, 0.2) is 42.6 Å². The van der Waals surface area contributed by atoms with Gasteiger partial charge in [0.15, 0.2) is 11.6 Å². The molecule has 0 aliphatic rings. The van der Waals surface area contributed by atoms with E-state index in [0.29, 0.717) is 24.5 Å². The average Bonchev–Trinajstić information content (AvgIpc) is 3.37. The molecule has 1 aromatic carbocycles. The number of anilines is 2. The van der Waals surface area contributed by atoms with Gasteiger partial charge in [0.2, 0.25) is 5.82 Å². The molecule has 0 spiro atoms. The van der Waals surface area contributed by atoms with Crippen LogP contribution in [0, 0.1) is 12.7 Å². The second-order valence-corrected chi connectivity index (χ2v) is 7.15. The summed E-state index contributed by atoms with van der Waals surface area (Å²) in [6, 6.07) is 7.43. The summed E-state index contributed by atoms with van der Waals surface area (Å²) in [6.45, 7) is 2.89. The first-order valence-corrected chi connectivity index (χ1v) is 9.76. The van der Waals surface area contributed by atoms with E-state index in [0.717, 1.165) is 35.5 Å². The van der Waals surface area contributed by atoms with E-state index >= 15 is 8.78 Å². The van der Waals surface area contributed by atoms with Crippen LogP contribution in [0.2, 0.25) is 0 Å². The molecule has 3 aromatic heterocycles. The second kappa shape index (κ2) is 8.97. The van der Waals surface area contributed by atoms with Crippen molar-refractivity contribution in [2.75, 3.05) is 25.6 Å². The van der Waals surface area contributed by atoms with Gasteiger partial charge in [0.05, 0.1) is 19.8 Å². The fourth-order valence-corrected chi connectivity index (χ4v) is 3.08. The van der Waals surface area contributed by atoms with Gasteiger partial charge in [-0.3, -0.25) is 5.10 Å². The molecule has 0 saturated carbocycles. The van der Waals surface area contributed by atoms with Gasteiger partial charge in [-0.1, -0.05) is 0 Å². The second-order valence-electron chi connectivity index (χ2n) is 7.15. The Balaban J connectivity index is 1.74. The van der Waals surface area contributed by atoms with Crippen LogP contribution in [0.25, 0.3) is 5.52 Å². The fourth-order valence-electron chi connectivity index (χ4n) is 3.08. The average molecular weight is 446 g/mol. The molecule has 8 nitrogen and oxygen atoms in total. The highest BCUT2D eigenvalue weighted by atomic mass is 19.3. The Hall–Kier alpha value is -3.44. The standard InChI is InChI=1S/C21H21F3N6O2/c1-13-9-18(28-27-13)25-19-17-10-14(12-32-8-7-31-2)11-30(17)29-20(26-19)21(23,24)15-3-5-16(22)6-4-15/h3-6,9-11H,7-8,12H2,1-2H3,(H2,25,26,27,28,29). The molecule has 0 radical (unpaired) electrons. The Morgan fingerprint density at radius 2 is 1.94 bits per heavy atom. The molecule has 0 saturated heterocycles. The van der Waals surface area contributed by atoms with Crippen LogP contribution in [0.4, 0.5) is 24.8 Å². The molecule has 0 atom stereocenters. The molecule has 3 heterocycles. The number of hydrogen-bond acceptors (Lipinski definition) is 6. The highest BCUT2D eigenvalue weighted by Crippen LogP contribution is 2.35. The Morgan fingerprint density at radius 1 is 1.16 bits per heavy atom. The van der Waals surface area contributed by atoms with Crippen molar-refractivity contribution in [3.8, 4) is 0 Å². The van der Waals surface area contributed by atoms with Crippen LogP contribution in [-0.4, -0.2) is 45.1 Å². The van der Waals surface area contributed by atoms with Gasteiger partial charge in [0.1, 0.15) is 11.3 Å². The fraction of sp³-hybridized carbons (Fsp3) is 0.286. The molecule has 168 valence electrons. The van der Waals surface area contributed by atoms with Gasteiger partial charge in [-0.25, -0.2) is 13.9 Å². The van der Waals surface area contributed by atoms with Crippen LogP contribution in [-0.2, 0) is 22.0 Å². The van der Waals surface area contributed by atoms with Crippen LogP contribution < -0.4 is 5.32 Å². The number of aryl methyl sites for hydroxylation is 1. The van der Waals surface area contributed by atoms with E-state index in [1.54, 1.807) is 25.4 Å². The number of alkyl halides is 2. The predicted molar refractivity (Wildman–Crippen MR) is 111 cm³/mol. The van der Waals surface area contributed by atoms with Gasteiger partial charge in [0.25, 0.3) is 0 Å². The van der Waals surface area contributed by atoms with Gasteiger partial charge in [-0.15, -0.1) is 5.10 Å². The number of ether oxygens (including phenoxy) is 2. The van der Waals surface area contributed by atoms with Crippen molar-refractivity contribution in [1.82, 2.24) is 24.8 Å². The topological polar surface area (TPSA) is 89.4 Å². The maximum absolute atomic E-state index is 15.2. The van der Waals surface area contributed by atoms with Crippen molar-refractivity contribution in [2.24, 2.45) is 0 Å². The summed E-state index contributed by atoms with van der Waals surface area (Å²) >= 11 is 0. The zero-order valence-electron chi connectivity index (χ0n) is 17.4. The Morgan fingerprint density at radius 3 is 2.62 bits per heavy atom. The Labute approximate surface area is 181 Å². The number of hydrogen-bond donors (Lipinski definition) is 2. The van der Waals surface area contributed by atoms with Crippen molar-refractivity contribution in [1.29, 1.82) is 0 Å². The molecule has 0 unspecified atom stereocenters. The number of rotatable bonds is 9. The Kier molecular flexibility index (Phi) is 6.10. The molecule has 0 amide bonds. The van der Waals surface area contributed by atoms with Crippen molar-refractivity contribution >= 4 is 17.2 Å². The smallest absolute Gasteiger partial charge is 0.333 e. The lowest BCUT2D eigenvalue weighted by molar-refractivity contribution is 0.0315. The van der Waals surface area contributed by atoms with Gasteiger partial charge in [0, 0.05) is 30.6 Å². The minimum Gasteiger partial charge on any atom is -0.382 e. The van der Waals surface area contributed by atoms with E-state index in [2.05, 4.69) is 25.6 Å². The first-order valence-electron chi connectivity index (χ1n) is 9.76. The molecule has 4 aromatic rings. The molecular formula is C21H21F3N6O2. The van der Waals surface area contributed by atoms with Crippen molar-refractivity contribution in [2.45, 2.75) is 19.5 Å². The van der Waals surface area contributed by atoms with Crippen molar-refractivity contribution in [3.63, 3.8) is 0 Å². The quantitative estimate of drug-likeness (QED) is 0.379. The van der Waals surface area contributed by atoms with Gasteiger partial charge >= 0.3 is 5.92 Å². The zero-order valence-corrected chi connectivity index (χ0v) is 17.4. The minimum atomic E-state index is -3.56. The van der Waals surface area contributed by atoms with Crippen LogP contribution in [0.5, 0.6) is 0 Å². The molecule has 0 fully saturated rings. The molecule has 4 rings (SSSR count). The maximum atomic E-state index is 15.2. The minimum absolute atomic E-state index is 0.145. The van der Waals surface area contributed by atoms with Crippen molar-refractivity contribution < 1.29 is 22.6 Å². The van der Waals surface area contributed by atoms with Gasteiger partial charge in [-0.2, -0.15) is 13.9 Å².